The average Bonchev–Trinajstić information content (AvgIpc) is 2.45. The van der Waals surface area contributed by atoms with E-state index >= 15 is 0 Å². The van der Waals surface area contributed by atoms with Crippen molar-refractivity contribution in [1.29, 1.82) is 0 Å². The number of aliphatic hydroxyl groups excluding tert-OH is 1. The number of carbonyl (C=O) groups is 2. The number of aliphatic hydroxyl groups is 1. The molecule has 2 atom stereocenters. The number of benzene rings is 1. The monoisotopic (exact) mass is 328 g/mol. The Morgan fingerprint density at radius 1 is 1.35 bits per heavy atom. The number of carboxylic acid groups (broad SMARTS) is 1. The molecule has 1 amide bonds. The maximum Gasteiger partial charge on any atom is 0.413 e. The maximum absolute atomic E-state index is 11.6. The Balaban J connectivity index is 2.52. The fourth-order valence-corrected chi connectivity index (χ4v) is 1.61. The van der Waals surface area contributed by atoms with E-state index in [4.69, 9.17) is 9.84 Å². The van der Waals surface area contributed by atoms with Gasteiger partial charge >= 0.3 is 12.1 Å². The van der Waals surface area contributed by atoms with Crippen molar-refractivity contribution in [2.75, 3.05) is 6.61 Å². The molecule has 0 aliphatic rings. The first-order chi connectivity index (χ1) is 10.8. The molecule has 0 aliphatic heterocycles. The molecule has 3 N–H and O–H groups in total. The van der Waals surface area contributed by atoms with E-state index in [0.29, 0.717) is 6.42 Å². The summed E-state index contributed by atoms with van der Waals surface area (Å²) in [6, 6.07) is 4.56. The van der Waals surface area contributed by atoms with Gasteiger partial charge in [0.2, 0.25) is 0 Å². The normalized spacial score (nSPS) is 12.8. The molecule has 1 aromatic carbocycles. The van der Waals surface area contributed by atoms with Crippen molar-refractivity contribution >= 4 is 12.1 Å². The summed E-state index contributed by atoms with van der Waals surface area (Å²) < 4.78 is 4.88. The van der Waals surface area contributed by atoms with E-state index < -0.39 is 29.3 Å². The van der Waals surface area contributed by atoms with Crippen LogP contribution in [0.2, 0.25) is 0 Å². The molecule has 0 saturated heterocycles. The minimum absolute atomic E-state index is 0.0949. The van der Waals surface area contributed by atoms with E-state index in [1.807, 2.05) is 5.32 Å². The first-order valence-corrected chi connectivity index (χ1v) is 6.55. The van der Waals surface area contributed by atoms with Crippen LogP contribution in [0, 0.1) is 10.1 Å². The first kappa shape index (κ1) is 18.2. The molecule has 126 valence electrons. The number of amides is 1. The summed E-state index contributed by atoms with van der Waals surface area (Å²) >= 11 is 0. The van der Waals surface area contributed by atoms with E-state index in [2.05, 4.69) is 4.84 Å². The lowest BCUT2D eigenvalue weighted by molar-refractivity contribution is -0.757. The molecule has 23 heavy (non-hydrogen) atoms. The number of nitrogens with zero attached hydrogens (tertiary/aromatic N) is 1. The number of carbonyl (C=O) groups excluding carboxylic acids is 1. The van der Waals surface area contributed by atoms with Crippen LogP contribution in [0.15, 0.2) is 24.3 Å². The number of aliphatic carboxylic acids is 1. The Labute approximate surface area is 130 Å². The molecular formula is C13H16N2O8. The van der Waals surface area contributed by atoms with Gasteiger partial charge in [0.25, 0.3) is 5.09 Å². The number of ether oxygens (including phenoxy) is 1. The second-order valence-corrected chi connectivity index (χ2v) is 4.54. The molecule has 10 nitrogen and oxygen atoms in total. The SMILES string of the molecule is CC(O)C(NC(=O)Oc1ccc(CCO[N+](=O)[O-])cc1)C(=O)O. The van der Waals surface area contributed by atoms with E-state index in [-0.39, 0.29) is 12.4 Å². The van der Waals surface area contributed by atoms with Gasteiger partial charge in [-0.05, 0) is 31.0 Å². The minimum Gasteiger partial charge on any atom is -0.480 e. The fraction of sp³-hybridized carbons (Fsp3) is 0.385. The van der Waals surface area contributed by atoms with Crippen molar-refractivity contribution in [3.05, 3.63) is 39.9 Å². The van der Waals surface area contributed by atoms with Crippen LogP contribution < -0.4 is 10.1 Å². The van der Waals surface area contributed by atoms with Crippen LogP contribution in [0.1, 0.15) is 12.5 Å². The third kappa shape index (κ3) is 6.61. The zero-order valence-corrected chi connectivity index (χ0v) is 12.2. The molecular weight excluding hydrogens is 312 g/mol. The van der Waals surface area contributed by atoms with Crippen LogP contribution in [0.5, 0.6) is 5.75 Å². The number of nitrogens with one attached hydrogen (secondary N) is 1. The van der Waals surface area contributed by atoms with Gasteiger partial charge in [0.05, 0.1) is 6.10 Å². The van der Waals surface area contributed by atoms with Crippen molar-refractivity contribution in [3.8, 4) is 5.75 Å². The third-order valence-electron chi connectivity index (χ3n) is 2.74. The van der Waals surface area contributed by atoms with Gasteiger partial charge in [-0.25, -0.2) is 9.59 Å². The highest BCUT2D eigenvalue weighted by Crippen LogP contribution is 2.13. The summed E-state index contributed by atoms with van der Waals surface area (Å²) in [6.07, 6.45) is -2.01. The Hall–Kier alpha value is -2.88. The van der Waals surface area contributed by atoms with Crippen LogP contribution in [0.25, 0.3) is 0 Å². The topological polar surface area (TPSA) is 148 Å². The molecule has 1 rings (SSSR count). The molecule has 0 saturated carbocycles. The summed E-state index contributed by atoms with van der Waals surface area (Å²) in [4.78, 5) is 36.6. The predicted octanol–water partition coefficient (Wildman–Crippen LogP) is 0.360. The van der Waals surface area contributed by atoms with Crippen molar-refractivity contribution < 1.29 is 34.5 Å². The van der Waals surface area contributed by atoms with Gasteiger partial charge in [0.1, 0.15) is 12.4 Å². The predicted molar refractivity (Wildman–Crippen MR) is 75.4 cm³/mol. The molecule has 0 heterocycles. The zero-order chi connectivity index (χ0) is 17.4. The quantitative estimate of drug-likeness (QED) is 0.457. The van der Waals surface area contributed by atoms with Gasteiger partial charge in [0, 0.05) is 0 Å². The third-order valence-corrected chi connectivity index (χ3v) is 2.74. The minimum atomic E-state index is -1.49. The van der Waals surface area contributed by atoms with Crippen molar-refractivity contribution in [2.24, 2.45) is 0 Å². The van der Waals surface area contributed by atoms with Crippen LogP contribution in [-0.4, -0.2) is 46.1 Å². The second kappa shape index (κ2) is 8.54. The highest BCUT2D eigenvalue weighted by atomic mass is 16.9. The average molecular weight is 328 g/mol. The Kier molecular flexibility index (Phi) is 6.74. The fourth-order valence-electron chi connectivity index (χ4n) is 1.61. The lowest BCUT2D eigenvalue weighted by Crippen LogP contribution is -2.48. The summed E-state index contributed by atoms with van der Waals surface area (Å²) in [7, 11) is 0. The van der Waals surface area contributed by atoms with Crippen LogP contribution in [0.4, 0.5) is 4.79 Å². The molecule has 0 fully saturated rings. The number of hydrogen-bond donors (Lipinski definition) is 3. The van der Waals surface area contributed by atoms with E-state index in [9.17, 15) is 24.8 Å². The molecule has 0 aromatic heterocycles. The summed E-state index contributed by atoms with van der Waals surface area (Å²) in [5.74, 6) is -1.24. The lowest BCUT2D eigenvalue weighted by Gasteiger charge is -2.16. The zero-order valence-electron chi connectivity index (χ0n) is 12.2. The highest BCUT2D eigenvalue weighted by Gasteiger charge is 2.25. The van der Waals surface area contributed by atoms with Crippen LogP contribution in [-0.2, 0) is 16.1 Å². The number of carboxylic acids is 1. The largest absolute Gasteiger partial charge is 0.480 e. The molecule has 0 bridgehead atoms. The summed E-state index contributed by atoms with van der Waals surface area (Å²) in [5.41, 5.74) is 0.729. The Bertz CT molecular complexity index is 558. The summed E-state index contributed by atoms with van der Waals surface area (Å²) in [6.45, 7) is 1.13. The molecule has 0 radical (unpaired) electrons. The van der Waals surface area contributed by atoms with E-state index in [0.717, 1.165) is 5.56 Å². The van der Waals surface area contributed by atoms with Gasteiger partial charge in [-0.1, -0.05) is 12.1 Å². The summed E-state index contributed by atoms with van der Waals surface area (Å²) in [5, 5.41) is 29.2. The smallest absolute Gasteiger partial charge is 0.413 e. The molecule has 1 aromatic rings. The Morgan fingerprint density at radius 3 is 2.43 bits per heavy atom. The molecule has 0 aliphatic carbocycles. The van der Waals surface area contributed by atoms with E-state index in [1.165, 1.54) is 19.1 Å². The van der Waals surface area contributed by atoms with Gasteiger partial charge < -0.3 is 25.1 Å². The second-order valence-electron chi connectivity index (χ2n) is 4.54. The standard InChI is InChI=1S/C13H16N2O8/c1-8(16)11(12(17)18)14-13(19)23-10-4-2-9(3-5-10)6-7-22-15(20)21/h2-5,8,11,16H,6-7H2,1H3,(H,14,19)(H,17,18). The highest BCUT2D eigenvalue weighted by molar-refractivity contribution is 5.81. The van der Waals surface area contributed by atoms with Crippen molar-refractivity contribution in [3.63, 3.8) is 0 Å². The van der Waals surface area contributed by atoms with Gasteiger partial charge in [-0.15, -0.1) is 10.1 Å². The van der Waals surface area contributed by atoms with Crippen molar-refractivity contribution in [2.45, 2.75) is 25.5 Å². The van der Waals surface area contributed by atoms with Gasteiger partial charge in [-0.2, -0.15) is 0 Å². The molecule has 2 unspecified atom stereocenters. The number of rotatable bonds is 8. The van der Waals surface area contributed by atoms with Crippen molar-refractivity contribution in [1.82, 2.24) is 5.32 Å². The van der Waals surface area contributed by atoms with Gasteiger partial charge in [-0.3, -0.25) is 0 Å². The van der Waals surface area contributed by atoms with Crippen LogP contribution >= 0.6 is 0 Å². The molecule has 0 spiro atoms. The maximum atomic E-state index is 11.6. The van der Waals surface area contributed by atoms with Crippen LogP contribution in [0.3, 0.4) is 0 Å². The number of hydrogen-bond acceptors (Lipinski definition) is 7. The van der Waals surface area contributed by atoms with Gasteiger partial charge in [0.15, 0.2) is 6.04 Å². The first-order valence-electron chi connectivity index (χ1n) is 6.55. The molecule has 10 heteroatoms. The lowest BCUT2D eigenvalue weighted by atomic mass is 10.1. The Morgan fingerprint density at radius 2 is 1.96 bits per heavy atom. The van der Waals surface area contributed by atoms with E-state index in [1.54, 1.807) is 12.1 Å².